The van der Waals surface area contributed by atoms with Crippen LogP contribution in [0.5, 0.6) is 0 Å². The van der Waals surface area contributed by atoms with E-state index in [1.165, 1.54) is 18.3 Å². The summed E-state index contributed by atoms with van der Waals surface area (Å²) in [7, 11) is -3.39. The zero-order valence-corrected chi connectivity index (χ0v) is 30.6. The van der Waals surface area contributed by atoms with E-state index in [2.05, 4.69) is 30.8 Å². The Balaban J connectivity index is 0.918. The fourth-order valence-electron chi connectivity index (χ4n) is 7.29. The third kappa shape index (κ3) is 7.91. The summed E-state index contributed by atoms with van der Waals surface area (Å²) in [4.78, 5) is 89.3. The molecule has 3 fully saturated rings. The second-order valence-electron chi connectivity index (χ2n) is 14.0. The fourth-order valence-corrected chi connectivity index (χ4v) is 7.92. The van der Waals surface area contributed by atoms with Gasteiger partial charge >= 0.3 is 6.09 Å². The van der Waals surface area contributed by atoms with Crippen LogP contribution in [0, 0.1) is 5.92 Å². The van der Waals surface area contributed by atoms with Crippen LogP contribution >= 0.6 is 0 Å². The van der Waals surface area contributed by atoms with Crippen LogP contribution in [0.4, 0.5) is 27.8 Å². The van der Waals surface area contributed by atoms with Crippen molar-refractivity contribution in [1.29, 1.82) is 0 Å². The summed E-state index contributed by atoms with van der Waals surface area (Å²) < 4.78 is 29.3. The van der Waals surface area contributed by atoms with Gasteiger partial charge in [0, 0.05) is 62.2 Å². The predicted octanol–water partition coefficient (Wildman–Crippen LogP) is 1.35. The second-order valence-corrected chi connectivity index (χ2v) is 16.0. The maximum atomic E-state index is 13.3. The molecule has 288 valence electrons. The standard InChI is InChI=1S/C36H39N9O9S/c1-55(52,53)24-7-4-21(5-8-24)39-32-30(31(37)47)38-16-28(41-32)44-13-2-3-22(18-44)40-36(51)54-19-20-12-14-43(17-20)23-6-9-25-26(15-23)35(50)45(34(25)49)27-10-11-29(46)42-33(27)48/h4-9,15-16,20,22,27H,2-3,10-14,17-19H2,1H3,(H2,37,47)(H,39,41)(H,40,51)(H,42,46,48)/t20-,22-,27?/m1/s1. The summed E-state index contributed by atoms with van der Waals surface area (Å²) in [5.74, 6) is -2.45. The molecule has 7 rings (SSSR count). The van der Waals surface area contributed by atoms with Crippen molar-refractivity contribution in [2.24, 2.45) is 11.7 Å². The Hall–Kier alpha value is -6.11. The van der Waals surface area contributed by atoms with Crippen molar-refractivity contribution in [3.63, 3.8) is 0 Å². The van der Waals surface area contributed by atoms with E-state index in [0.717, 1.165) is 29.7 Å². The summed E-state index contributed by atoms with van der Waals surface area (Å²) in [6.45, 7) is 2.39. The lowest BCUT2D eigenvalue weighted by atomic mass is 10.0. The van der Waals surface area contributed by atoms with E-state index in [4.69, 9.17) is 10.5 Å². The number of piperidine rings is 2. The summed E-state index contributed by atoms with van der Waals surface area (Å²) in [6, 6.07) is 9.65. The number of primary amides is 1. The first-order valence-electron chi connectivity index (χ1n) is 17.8. The smallest absolute Gasteiger partial charge is 0.407 e. The van der Waals surface area contributed by atoms with Gasteiger partial charge in [0.2, 0.25) is 11.8 Å². The molecule has 0 saturated carbocycles. The highest BCUT2D eigenvalue weighted by molar-refractivity contribution is 7.90. The van der Waals surface area contributed by atoms with Gasteiger partial charge in [0.25, 0.3) is 17.7 Å². The number of alkyl carbamates (subject to hydrolysis) is 1. The third-order valence-electron chi connectivity index (χ3n) is 10.1. The number of carbonyl (C=O) groups is 6. The first kappa shape index (κ1) is 37.2. The number of benzene rings is 2. The lowest BCUT2D eigenvalue weighted by molar-refractivity contribution is -0.136. The number of ether oxygens (including phenoxy) is 1. The SMILES string of the molecule is CS(=O)(=O)c1ccc(Nc2nc(N3CCC[C@@H](NC(=O)OC[C@@H]4CCN(c5ccc6c(c5)C(=O)N(C5CCC(=O)NC5=O)C6=O)C4)C3)cnc2C(N)=O)cc1. The van der Waals surface area contributed by atoms with E-state index in [1.54, 1.807) is 30.3 Å². The molecule has 0 radical (unpaired) electrons. The Kier molecular flexibility index (Phi) is 10.1. The lowest BCUT2D eigenvalue weighted by Gasteiger charge is -2.33. The van der Waals surface area contributed by atoms with Crippen LogP contribution in [0.3, 0.4) is 0 Å². The summed E-state index contributed by atoms with van der Waals surface area (Å²) in [6.07, 6.45) is 4.28. The van der Waals surface area contributed by atoms with Crippen LogP contribution in [-0.4, -0.2) is 110 Å². The first-order valence-corrected chi connectivity index (χ1v) is 19.7. The molecule has 55 heavy (non-hydrogen) atoms. The predicted molar refractivity (Wildman–Crippen MR) is 197 cm³/mol. The monoisotopic (exact) mass is 773 g/mol. The molecule has 5 heterocycles. The third-order valence-corrected chi connectivity index (χ3v) is 11.3. The topological polar surface area (TPSA) is 243 Å². The lowest BCUT2D eigenvalue weighted by Crippen LogP contribution is -2.54. The number of nitrogens with zero attached hydrogens (tertiary/aromatic N) is 5. The van der Waals surface area contributed by atoms with Crippen LogP contribution in [0.2, 0.25) is 0 Å². The zero-order chi connectivity index (χ0) is 39.0. The molecular weight excluding hydrogens is 735 g/mol. The van der Waals surface area contributed by atoms with E-state index in [-0.39, 0.29) is 58.9 Å². The number of amides is 6. The highest BCUT2D eigenvalue weighted by atomic mass is 32.2. The number of imide groups is 2. The highest BCUT2D eigenvalue weighted by Crippen LogP contribution is 2.33. The Morgan fingerprint density at radius 2 is 1.73 bits per heavy atom. The number of sulfone groups is 1. The molecular formula is C36H39N9O9S. The molecule has 1 aromatic heterocycles. The molecule has 0 bridgehead atoms. The number of carbonyl (C=O) groups excluding carboxylic acids is 6. The van der Waals surface area contributed by atoms with Crippen molar-refractivity contribution in [2.75, 3.05) is 54.2 Å². The van der Waals surface area contributed by atoms with Crippen molar-refractivity contribution in [3.05, 3.63) is 65.5 Å². The van der Waals surface area contributed by atoms with Crippen LogP contribution in [-0.2, 0) is 24.2 Å². The molecule has 18 nitrogen and oxygen atoms in total. The van der Waals surface area contributed by atoms with Gasteiger partial charge in [-0.1, -0.05) is 0 Å². The zero-order valence-electron chi connectivity index (χ0n) is 29.8. The Labute approximate surface area is 315 Å². The van der Waals surface area contributed by atoms with Gasteiger partial charge in [-0.3, -0.25) is 34.2 Å². The maximum absolute atomic E-state index is 13.3. The molecule has 6 amide bonds. The summed E-state index contributed by atoms with van der Waals surface area (Å²) in [5.41, 5.74) is 7.08. The fraction of sp³-hybridized carbons (Fsp3) is 0.389. The van der Waals surface area contributed by atoms with Crippen molar-refractivity contribution >= 4 is 68.5 Å². The number of aromatic nitrogens is 2. The minimum Gasteiger partial charge on any atom is -0.449 e. The highest BCUT2D eigenvalue weighted by Gasteiger charge is 2.45. The van der Waals surface area contributed by atoms with E-state index in [9.17, 15) is 37.2 Å². The number of hydrogen-bond donors (Lipinski definition) is 4. The maximum Gasteiger partial charge on any atom is 0.407 e. The average Bonchev–Trinajstić information content (AvgIpc) is 3.72. The van der Waals surface area contributed by atoms with Crippen molar-refractivity contribution in [2.45, 2.75) is 49.1 Å². The van der Waals surface area contributed by atoms with Crippen molar-refractivity contribution < 1.29 is 41.9 Å². The van der Waals surface area contributed by atoms with Gasteiger partial charge in [0.15, 0.2) is 21.3 Å². The molecule has 3 aromatic rings. The second kappa shape index (κ2) is 15.0. The van der Waals surface area contributed by atoms with Gasteiger partial charge in [-0.15, -0.1) is 0 Å². The Bertz CT molecular complexity index is 2200. The van der Waals surface area contributed by atoms with Crippen LogP contribution in [0.15, 0.2) is 53.6 Å². The molecule has 0 aliphatic carbocycles. The van der Waals surface area contributed by atoms with Gasteiger partial charge in [-0.25, -0.2) is 23.2 Å². The van der Waals surface area contributed by atoms with E-state index in [1.807, 2.05) is 4.90 Å². The Morgan fingerprint density at radius 1 is 0.964 bits per heavy atom. The van der Waals surface area contributed by atoms with Gasteiger partial charge in [-0.05, 0) is 68.1 Å². The molecule has 5 N–H and O–H groups in total. The molecule has 3 saturated heterocycles. The number of nitrogens with two attached hydrogens (primary N) is 1. The first-order chi connectivity index (χ1) is 26.2. The Morgan fingerprint density at radius 3 is 2.45 bits per heavy atom. The van der Waals surface area contributed by atoms with Crippen LogP contribution in [0.25, 0.3) is 0 Å². The van der Waals surface area contributed by atoms with Crippen molar-refractivity contribution in [1.82, 2.24) is 25.5 Å². The molecule has 3 atom stereocenters. The van der Waals surface area contributed by atoms with E-state index < -0.39 is 51.5 Å². The molecule has 1 unspecified atom stereocenters. The number of fused-ring (bicyclic) bond motifs is 1. The van der Waals surface area contributed by atoms with Crippen LogP contribution < -0.4 is 31.5 Å². The van der Waals surface area contributed by atoms with E-state index in [0.29, 0.717) is 44.1 Å². The minimum atomic E-state index is -3.39. The normalized spacial score (nSPS) is 21.3. The number of rotatable bonds is 10. The van der Waals surface area contributed by atoms with Gasteiger partial charge in [0.05, 0.1) is 28.8 Å². The number of hydrogen-bond acceptors (Lipinski definition) is 14. The molecule has 19 heteroatoms. The van der Waals surface area contributed by atoms with Gasteiger partial charge in [-0.2, -0.15) is 0 Å². The van der Waals surface area contributed by atoms with Crippen LogP contribution in [0.1, 0.15) is 63.3 Å². The summed E-state index contributed by atoms with van der Waals surface area (Å²) in [5, 5.41) is 8.13. The van der Waals surface area contributed by atoms with Gasteiger partial charge < -0.3 is 30.9 Å². The molecule has 0 spiro atoms. The molecule has 4 aliphatic rings. The minimum absolute atomic E-state index is 0.0201. The number of nitrogens with one attached hydrogen (secondary N) is 3. The van der Waals surface area contributed by atoms with Gasteiger partial charge in [0.1, 0.15) is 11.9 Å². The summed E-state index contributed by atoms with van der Waals surface area (Å²) >= 11 is 0. The van der Waals surface area contributed by atoms with E-state index >= 15 is 0 Å². The number of anilines is 4. The average molecular weight is 774 g/mol. The molecule has 4 aliphatic heterocycles. The van der Waals surface area contributed by atoms with Crippen molar-refractivity contribution in [3.8, 4) is 0 Å². The molecule has 2 aromatic carbocycles. The largest absolute Gasteiger partial charge is 0.449 e. The quantitative estimate of drug-likeness (QED) is 0.213.